The van der Waals surface area contributed by atoms with Crippen LogP contribution in [0.4, 0.5) is 0 Å². The zero-order valence-electron chi connectivity index (χ0n) is 10.8. The zero-order valence-corrected chi connectivity index (χ0v) is 12.4. The molecule has 1 aromatic carbocycles. The summed E-state index contributed by atoms with van der Waals surface area (Å²) in [6.07, 6.45) is 1.76. The molecule has 0 saturated carbocycles. The van der Waals surface area contributed by atoms with Crippen molar-refractivity contribution in [1.29, 1.82) is 0 Å². The first-order valence-corrected chi connectivity index (χ1v) is 6.70. The van der Waals surface area contributed by atoms with Gasteiger partial charge >= 0.3 is 0 Å². The summed E-state index contributed by atoms with van der Waals surface area (Å²) in [6.45, 7) is -0.00613. The van der Waals surface area contributed by atoms with E-state index in [4.69, 9.17) is 4.74 Å². The Morgan fingerprint density at radius 2 is 2.30 bits per heavy atom. The SMILES string of the molecule is Cn1ccc(OCc2c(CO)cccc2C(=O)NBr)n1. The van der Waals surface area contributed by atoms with Crippen LogP contribution in [0.15, 0.2) is 30.5 Å². The topological polar surface area (TPSA) is 76.4 Å². The van der Waals surface area contributed by atoms with Crippen molar-refractivity contribution in [1.82, 2.24) is 14.1 Å². The largest absolute Gasteiger partial charge is 0.472 e. The Balaban J connectivity index is 2.26. The van der Waals surface area contributed by atoms with Crippen LogP contribution in [0.1, 0.15) is 21.5 Å². The van der Waals surface area contributed by atoms with E-state index in [-0.39, 0.29) is 19.1 Å². The van der Waals surface area contributed by atoms with Crippen molar-refractivity contribution in [2.75, 3.05) is 0 Å². The van der Waals surface area contributed by atoms with Crippen LogP contribution >= 0.6 is 16.1 Å². The van der Waals surface area contributed by atoms with Gasteiger partial charge in [0, 0.05) is 46.6 Å². The van der Waals surface area contributed by atoms with E-state index in [9.17, 15) is 9.90 Å². The van der Waals surface area contributed by atoms with Crippen molar-refractivity contribution >= 4 is 22.1 Å². The van der Waals surface area contributed by atoms with Crippen molar-refractivity contribution in [3.8, 4) is 5.88 Å². The van der Waals surface area contributed by atoms with Crippen molar-refractivity contribution < 1.29 is 14.6 Å². The summed E-state index contributed by atoms with van der Waals surface area (Å²) in [4.78, 5) is 11.8. The standard InChI is InChI=1S/C13H14BrN3O3/c1-17-6-5-12(16-17)20-8-11-9(7-18)3-2-4-10(11)13(19)15-14/h2-6,18H,7-8H2,1H3,(H,15,19). The highest BCUT2D eigenvalue weighted by Crippen LogP contribution is 2.18. The van der Waals surface area contributed by atoms with E-state index in [0.717, 1.165) is 0 Å². The van der Waals surface area contributed by atoms with Crippen LogP contribution in [0.3, 0.4) is 0 Å². The summed E-state index contributed by atoms with van der Waals surface area (Å²) < 4.78 is 9.57. The Labute approximate surface area is 124 Å². The van der Waals surface area contributed by atoms with Crippen LogP contribution in [0.25, 0.3) is 0 Å². The highest BCUT2D eigenvalue weighted by molar-refractivity contribution is 9.08. The van der Waals surface area contributed by atoms with Gasteiger partial charge in [-0.1, -0.05) is 12.1 Å². The number of amides is 1. The first-order valence-electron chi connectivity index (χ1n) is 5.90. The molecule has 0 fully saturated rings. The van der Waals surface area contributed by atoms with Crippen LogP contribution in [0.2, 0.25) is 0 Å². The Morgan fingerprint density at radius 3 is 2.90 bits per heavy atom. The molecule has 0 unspecified atom stereocenters. The summed E-state index contributed by atoms with van der Waals surface area (Å²) in [5.41, 5.74) is 1.73. The number of nitrogens with one attached hydrogen (secondary N) is 1. The number of aliphatic hydroxyl groups is 1. The Morgan fingerprint density at radius 1 is 1.50 bits per heavy atom. The molecule has 106 valence electrons. The van der Waals surface area contributed by atoms with Crippen molar-refractivity contribution in [3.63, 3.8) is 0 Å². The van der Waals surface area contributed by atoms with Gasteiger partial charge in [-0.15, -0.1) is 5.10 Å². The lowest BCUT2D eigenvalue weighted by atomic mass is 10.0. The average Bonchev–Trinajstić information content (AvgIpc) is 2.89. The van der Waals surface area contributed by atoms with Gasteiger partial charge in [-0.3, -0.25) is 13.8 Å². The summed E-state index contributed by atoms with van der Waals surface area (Å²) in [5.74, 6) is 0.172. The predicted octanol–water partition coefficient (Wildman–Crippen LogP) is 1.53. The molecule has 0 aliphatic rings. The average molecular weight is 340 g/mol. The molecule has 1 heterocycles. The number of carbonyl (C=O) groups excluding carboxylic acids is 1. The van der Waals surface area contributed by atoms with E-state index in [1.165, 1.54) is 0 Å². The predicted molar refractivity (Wildman–Crippen MR) is 76.3 cm³/mol. The second-order valence-corrected chi connectivity index (χ2v) is 4.54. The molecule has 1 aromatic heterocycles. The molecule has 0 spiro atoms. The van der Waals surface area contributed by atoms with Crippen molar-refractivity contribution in [3.05, 3.63) is 47.2 Å². The van der Waals surface area contributed by atoms with E-state index in [0.29, 0.717) is 22.6 Å². The molecular weight excluding hydrogens is 326 g/mol. The quantitative estimate of drug-likeness (QED) is 0.810. The molecule has 0 saturated heterocycles. The monoisotopic (exact) mass is 339 g/mol. The molecule has 7 heteroatoms. The second-order valence-electron chi connectivity index (χ2n) is 4.14. The summed E-state index contributed by atoms with van der Waals surface area (Å²) in [6, 6.07) is 6.87. The minimum absolute atomic E-state index is 0.156. The van der Waals surface area contributed by atoms with Gasteiger partial charge in [-0.05, 0) is 11.6 Å². The van der Waals surface area contributed by atoms with E-state index in [1.807, 2.05) is 0 Å². The number of carbonyl (C=O) groups is 1. The van der Waals surface area contributed by atoms with Gasteiger partial charge in [-0.2, -0.15) is 0 Å². The number of aromatic nitrogens is 2. The third-order valence-electron chi connectivity index (χ3n) is 2.83. The third-order valence-corrected chi connectivity index (χ3v) is 3.19. The molecule has 2 N–H and O–H groups in total. The van der Waals surface area contributed by atoms with E-state index >= 15 is 0 Å². The number of benzene rings is 1. The molecule has 6 nitrogen and oxygen atoms in total. The highest BCUT2D eigenvalue weighted by atomic mass is 79.9. The molecule has 2 rings (SSSR count). The van der Waals surface area contributed by atoms with Crippen LogP contribution < -0.4 is 9.08 Å². The maximum atomic E-state index is 11.8. The third kappa shape index (κ3) is 3.17. The highest BCUT2D eigenvalue weighted by Gasteiger charge is 2.14. The maximum absolute atomic E-state index is 11.8. The maximum Gasteiger partial charge on any atom is 0.261 e. The molecule has 0 atom stereocenters. The second kappa shape index (κ2) is 6.53. The summed E-state index contributed by atoms with van der Waals surface area (Å²) in [7, 11) is 1.79. The van der Waals surface area contributed by atoms with Crippen LogP contribution in [0.5, 0.6) is 5.88 Å². The smallest absolute Gasteiger partial charge is 0.261 e. The van der Waals surface area contributed by atoms with Gasteiger partial charge in [0.15, 0.2) is 0 Å². The van der Waals surface area contributed by atoms with Gasteiger partial charge in [0.1, 0.15) is 6.61 Å². The lowest BCUT2D eigenvalue weighted by molar-refractivity contribution is 0.0983. The van der Waals surface area contributed by atoms with Crippen molar-refractivity contribution in [2.45, 2.75) is 13.2 Å². The van der Waals surface area contributed by atoms with E-state index < -0.39 is 0 Å². The number of halogens is 1. The number of rotatable bonds is 5. The first-order chi connectivity index (χ1) is 9.65. The first kappa shape index (κ1) is 14.5. The summed E-state index contributed by atoms with van der Waals surface area (Å²) in [5, 5.41) is 13.5. The fraction of sp³-hybridized carbons (Fsp3) is 0.231. The molecule has 1 amide bonds. The number of aliphatic hydroxyl groups excluding tert-OH is 1. The van der Waals surface area contributed by atoms with Gasteiger partial charge in [-0.25, -0.2) is 0 Å². The van der Waals surface area contributed by atoms with Crippen LogP contribution in [0, 0.1) is 0 Å². The molecule has 0 aliphatic heterocycles. The molecule has 0 radical (unpaired) electrons. The molecule has 2 aromatic rings. The van der Waals surface area contributed by atoms with Gasteiger partial charge in [0.2, 0.25) is 5.88 Å². The fourth-order valence-electron chi connectivity index (χ4n) is 1.83. The molecule has 0 bridgehead atoms. The molecular formula is C13H14BrN3O3. The molecule has 20 heavy (non-hydrogen) atoms. The summed E-state index contributed by atoms with van der Waals surface area (Å²) >= 11 is 2.91. The number of ether oxygens (including phenoxy) is 1. The van der Waals surface area contributed by atoms with Crippen LogP contribution in [-0.2, 0) is 20.3 Å². The van der Waals surface area contributed by atoms with E-state index in [1.54, 1.807) is 42.2 Å². The van der Waals surface area contributed by atoms with Crippen LogP contribution in [-0.4, -0.2) is 20.8 Å². The lowest BCUT2D eigenvalue weighted by Gasteiger charge is -2.12. The number of hydrogen-bond donors (Lipinski definition) is 2. The fourth-order valence-corrected chi connectivity index (χ4v) is 2.05. The van der Waals surface area contributed by atoms with Gasteiger partial charge in [0.25, 0.3) is 5.91 Å². The Kier molecular flexibility index (Phi) is 4.75. The Bertz CT molecular complexity index is 613. The number of aryl methyl sites for hydroxylation is 1. The Hall–Kier alpha value is -1.86. The lowest BCUT2D eigenvalue weighted by Crippen LogP contribution is -2.17. The van der Waals surface area contributed by atoms with Gasteiger partial charge < -0.3 is 9.84 Å². The zero-order chi connectivity index (χ0) is 14.5. The minimum Gasteiger partial charge on any atom is -0.472 e. The molecule has 0 aliphatic carbocycles. The van der Waals surface area contributed by atoms with Gasteiger partial charge in [0.05, 0.1) is 6.61 Å². The van der Waals surface area contributed by atoms with E-state index in [2.05, 4.69) is 25.6 Å². The minimum atomic E-state index is -0.292. The van der Waals surface area contributed by atoms with Crippen molar-refractivity contribution in [2.24, 2.45) is 7.05 Å². The number of nitrogens with zero attached hydrogens (tertiary/aromatic N) is 2. The normalized spacial score (nSPS) is 10.3. The number of hydrogen-bond acceptors (Lipinski definition) is 4.